The summed E-state index contributed by atoms with van der Waals surface area (Å²) in [5.41, 5.74) is 2.10. The van der Waals surface area contributed by atoms with Gasteiger partial charge in [0, 0.05) is 17.8 Å². The zero-order chi connectivity index (χ0) is 18.8. The van der Waals surface area contributed by atoms with Gasteiger partial charge in [0.1, 0.15) is 5.75 Å². The number of ether oxygens (including phenoxy) is 1. The smallest absolute Gasteiger partial charge is 0.243 e. The molecule has 0 atom stereocenters. The monoisotopic (exact) mass is 355 g/mol. The Hall–Kier alpha value is -3.02. The number of carbonyl (C=O) groups is 2. The van der Waals surface area contributed by atoms with E-state index in [1.165, 1.54) is 0 Å². The van der Waals surface area contributed by atoms with Crippen molar-refractivity contribution in [2.45, 2.75) is 26.7 Å². The molecule has 2 rings (SSSR count). The fourth-order valence-corrected chi connectivity index (χ4v) is 2.39. The molecule has 0 aliphatic heterocycles. The standard InChI is InChI=1S/C20H25N3O3/c1-3-8-19(24)22-16-10-7-9-15(13-16)21-14-20(25)23-17-11-5-6-12-18(17)26-4-2/h5-7,9-13,21H,3-4,8,14H2,1-2H3,(H,22,24)(H,23,25). The zero-order valence-corrected chi connectivity index (χ0v) is 15.2. The number of amides is 2. The number of para-hydroxylation sites is 2. The summed E-state index contributed by atoms with van der Waals surface area (Å²) in [6.45, 7) is 4.49. The summed E-state index contributed by atoms with van der Waals surface area (Å²) in [6.07, 6.45) is 1.28. The van der Waals surface area contributed by atoms with E-state index in [-0.39, 0.29) is 18.4 Å². The molecule has 138 valence electrons. The van der Waals surface area contributed by atoms with Gasteiger partial charge in [0.25, 0.3) is 0 Å². The quantitative estimate of drug-likeness (QED) is 0.638. The highest BCUT2D eigenvalue weighted by Gasteiger charge is 2.07. The van der Waals surface area contributed by atoms with Crippen LogP contribution < -0.4 is 20.7 Å². The summed E-state index contributed by atoms with van der Waals surface area (Å²) in [5.74, 6) is 0.441. The normalized spacial score (nSPS) is 10.1. The maximum atomic E-state index is 12.2. The molecule has 0 saturated carbocycles. The molecule has 3 N–H and O–H groups in total. The van der Waals surface area contributed by atoms with Gasteiger partial charge in [-0.1, -0.05) is 25.1 Å². The molecule has 2 amide bonds. The molecule has 26 heavy (non-hydrogen) atoms. The van der Waals surface area contributed by atoms with Crippen LogP contribution in [-0.4, -0.2) is 25.0 Å². The van der Waals surface area contributed by atoms with Gasteiger partial charge in [-0.05, 0) is 43.7 Å². The van der Waals surface area contributed by atoms with E-state index in [1.807, 2.05) is 50.2 Å². The van der Waals surface area contributed by atoms with Crippen molar-refractivity contribution in [3.63, 3.8) is 0 Å². The van der Waals surface area contributed by atoms with Crippen molar-refractivity contribution in [3.05, 3.63) is 48.5 Å². The van der Waals surface area contributed by atoms with E-state index >= 15 is 0 Å². The van der Waals surface area contributed by atoms with Gasteiger partial charge in [0.2, 0.25) is 11.8 Å². The summed E-state index contributed by atoms with van der Waals surface area (Å²) in [7, 11) is 0. The second kappa shape index (κ2) is 10.1. The summed E-state index contributed by atoms with van der Waals surface area (Å²) in [5, 5.41) is 8.73. The van der Waals surface area contributed by atoms with Crippen LogP contribution >= 0.6 is 0 Å². The average molecular weight is 355 g/mol. The van der Waals surface area contributed by atoms with Crippen LogP contribution in [0.2, 0.25) is 0 Å². The minimum absolute atomic E-state index is 0.0186. The van der Waals surface area contributed by atoms with E-state index in [0.717, 1.165) is 12.1 Å². The molecule has 6 nitrogen and oxygen atoms in total. The number of benzene rings is 2. The third-order valence-corrected chi connectivity index (χ3v) is 3.54. The van der Waals surface area contributed by atoms with Gasteiger partial charge in [-0.25, -0.2) is 0 Å². The predicted molar refractivity (Wildman–Crippen MR) is 105 cm³/mol. The SMILES string of the molecule is CCCC(=O)Nc1cccc(NCC(=O)Nc2ccccc2OCC)c1. The summed E-state index contributed by atoms with van der Waals surface area (Å²) >= 11 is 0. The van der Waals surface area contributed by atoms with E-state index in [0.29, 0.717) is 30.2 Å². The average Bonchev–Trinajstić information content (AvgIpc) is 2.62. The number of anilines is 3. The number of rotatable bonds is 9. The van der Waals surface area contributed by atoms with Crippen LogP contribution in [-0.2, 0) is 9.59 Å². The summed E-state index contributed by atoms with van der Waals surface area (Å²) in [4.78, 5) is 23.9. The Morgan fingerprint density at radius 3 is 2.46 bits per heavy atom. The van der Waals surface area contributed by atoms with Gasteiger partial charge in [0.05, 0.1) is 18.8 Å². The van der Waals surface area contributed by atoms with Crippen LogP contribution in [0.5, 0.6) is 5.75 Å². The number of carbonyl (C=O) groups excluding carboxylic acids is 2. The topological polar surface area (TPSA) is 79.5 Å². The minimum atomic E-state index is -0.183. The van der Waals surface area contributed by atoms with Crippen LogP contribution in [0.3, 0.4) is 0 Å². The van der Waals surface area contributed by atoms with Crippen molar-refractivity contribution < 1.29 is 14.3 Å². The molecular weight excluding hydrogens is 330 g/mol. The largest absolute Gasteiger partial charge is 0.492 e. The van der Waals surface area contributed by atoms with Crippen LogP contribution in [0.15, 0.2) is 48.5 Å². The predicted octanol–water partition coefficient (Wildman–Crippen LogP) is 3.87. The highest BCUT2D eigenvalue weighted by atomic mass is 16.5. The Morgan fingerprint density at radius 2 is 1.69 bits per heavy atom. The lowest BCUT2D eigenvalue weighted by Crippen LogP contribution is -2.22. The first kappa shape index (κ1) is 19.3. The Labute approximate surface area is 153 Å². The van der Waals surface area contributed by atoms with Crippen molar-refractivity contribution >= 4 is 28.9 Å². The highest BCUT2D eigenvalue weighted by Crippen LogP contribution is 2.23. The van der Waals surface area contributed by atoms with E-state index in [9.17, 15) is 9.59 Å². The lowest BCUT2D eigenvalue weighted by molar-refractivity contribution is -0.116. The summed E-state index contributed by atoms with van der Waals surface area (Å²) < 4.78 is 5.50. The second-order valence-electron chi connectivity index (χ2n) is 5.71. The third kappa shape index (κ3) is 6.12. The van der Waals surface area contributed by atoms with Crippen molar-refractivity contribution in [1.82, 2.24) is 0 Å². The number of nitrogens with one attached hydrogen (secondary N) is 3. The minimum Gasteiger partial charge on any atom is -0.492 e. The molecule has 0 heterocycles. The molecule has 0 fully saturated rings. The zero-order valence-electron chi connectivity index (χ0n) is 15.2. The molecule has 0 aliphatic rings. The van der Waals surface area contributed by atoms with Crippen molar-refractivity contribution in [2.75, 3.05) is 29.1 Å². The van der Waals surface area contributed by atoms with Crippen LogP contribution in [0.4, 0.5) is 17.1 Å². The maximum absolute atomic E-state index is 12.2. The lowest BCUT2D eigenvalue weighted by atomic mass is 10.2. The fraction of sp³-hybridized carbons (Fsp3) is 0.300. The van der Waals surface area contributed by atoms with Gasteiger partial charge >= 0.3 is 0 Å². The van der Waals surface area contributed by atoms with Gasteiger partial charge in [-0.2, -0.15) is 0 Å². The van der Waals surface area contributed by atoms with Gasteiger partial charge in [-0.3, -0.25) is 9.59 Å². The molecule has 0 saturated heterocycles. The van der Waals surface area contributed by atoms with E-state index < -0.39 is 0 Å². The molecule has 0 spiro atoms. The maximum Gasteiger partial charge on any atom is 0.243 e. The molecule has 2 aromatic rings. The van der Waals surface area contributed by atoms with Gasteiger partial charge < -0.3 is 20.7 Å². The Morgan fingerprint density at radius 1 is 0.923 bits per heavy atom. The molecule has 0 radical (unpaired) electrons. The molecule has 2 aromatic carbocycles. The molecule has 0 unspecified atom stereocenters. The summed E-state index contributed by atoms with van der Waals surface area (Å²) in [6, 6.07) is 14.6. The Bertz CT molecular complexity index is 747. The van der Waals surface area contributed by atoms with Crippen LogP contribution in [0.1, 0.15) is 26.7 Å². The van der Waals surface area contributed by atoms with Gasteiger partial charge in [-0.15, -0.1) is 0 Å². The Balaban J connectivity index is 1.90. The lowest BCUT2D eigenvalue weighted by Gasteiger charge is -2.12. The van der Waals surface area contributed by atoms with Gasteiger partial charge in [0.15, 0.2) is 0 Å². The second-order valence-corrected chi connectivity index (χ2v) is 5.71. The highest BCUT2D eigenvalue weighted by molar-refractivity contribution is 5.95. The van der Waals surface area contributed by atoms with Crippen LogP contribution in [0.25, 0.3) is 0 Å². The third-order valence-electron chi connectivity index (χ3n) is 3.54. The van der Waals surface area contributed by atoms with Crippen LogP contribution in [0, 0.1) is 0 Å². The van der Waals surface area contributed by atoms with E-state index in [2.05, 4.69) is 16.0 Å². The van der Waals surface area contributed by atoms with E-state index in [4.69, 9.17) is 4.74 Å². The van der Waals surface area contributed by atoms with Crippen molar-refractivity contribution in [3.8, 4) is 5.75 Å². The first-order chi connectivity index (χ1) is 12.6. The van der Waals surface area contributed by atoms with Crippen molar-refractivity contribution in [2.24, 2.45) is 0 Å². The number of hydrogen-bond acceptors (Lipinski definition) is 4. The fourth-order valence-electron chi connectivity index (χ4n) is 2.39. The molecule has 0 bridgehead atoms. The first-order valence-corrected chi connectivity index (χ1v) is 8.77. The molecule has 0 aliphatic carbocycles. The molecular formula is C20H25N3O3. The number of hydrogen-bond donors (Lipinski definition) is 3. The molecule has 6 heteroatoms. The van der Waals surface area contributed by atoms with Crippen molar-refractivity contribution in [1.29, 1.82) is 0 Å². The Kier molecular flexibility index (Phi) is 7.49. The first-order valence-electron chi connectivity index (χ1n) is 8.77. The van der Waals surface area contributed by atoms with E-state index in [1.54, 1.807) is 12.1 Å². The molecule has 0 aromatic heterocycles.